The minimum Gasteiger partial charge on any atom is -0.468 e. The van der Waals surface area contributed by atoms with E-state index in [1.54, 1.807) is 10.7 Å². The van der Waals surface area contributed by atoms with Crippen molar-refractivity contribution in [2.75, 3.05) is 7.11 Å². The van der Waals surface area contributed by atoms with Crippen LogP contribution in [0.25, 0.3) is 11.4 Å². The molecule has 0 spiro atoms. The maximum Gasteiger partial charge on any atom is 0.316 e. The van der Waals surface area contributed by atoms with Gasteiger partial charge in [0.2, 0.25) is 0 Å². The van der Waals surface area contributed by atoms with E-state index < -0.39 is 0 Å². The number of aromatic nitrogens is 3. The highest BCUT2D eigenvalue weighted by molar-refractivity contribution is 6.30. The molecule has 0 aliphatic carbocycles. The molecule has 0 saturated heterocycles. The van der Waals surface area contributed by atoms with Gasteiger partial charge in [0.15, 0.2) is 5.82 Å². The van der Waals surface area contributed by atoms with Gasteiger partial charge >= 0.3 is 5.97 Å². The average molecular weight is 292 g/mol. The SMILES string of the molecule is COC(=O)C1CCCn2nc(-c3cccc(Cl)c3)nc21. The van der Waals surface area contributed by atoms with Gasteiger partial charge in [-0.05, 0) is 25.0 Å². The number of ether oxygens (including phenoxy) is 1. The highest BCUT2D eigenvalue weighted by Crippen LogP contribution is 2.29. The fraction of sp³-hybridized carbons (Fsp3) is 0.357. The second kappa shape index (κ2) is 5.25. The Morgan fingerprint density at radius 2 is 2.35 bits per heavy atom. The molecule has 0 amide bonds. The first kappa shape index (κ1) is 13.1. The van der Waals surface area contributed by atoms with Crippen LogP contribution in [0.1, 0.15) is 24.6 Å². The first-order valence-electron chi connectivity index (χ1n) is 6.47. The molecule has 1 aromatic carbocycles. The number of carbonyl (C=O) groups excluding carboxylic acids is 1. The lowest BCUT2D eigenvalue weighted by atomic mass is 9.99. The van der Waals surface area contributed by atoms with E-state index in [2.05, 4.69) is 10.1 Å². The Balaban J connectivity index is 2.01. The van der Waals surface area contributed by atoms with E-state index in [9.17, 15) is 4.79 Å². The van der Waals surface area contributed by atoms with Gasteiger partial charge in [-0.1, -0.05) is 23.7 Å². The Morgan fingerprint density at radius 3 is 3.10 bits per heavy atom. The quantitative estimate of drug-likeness (QED) is 0.798. The number of esters is 1. The van der Waals surface area contributed by atoms with Crippen LogP contribution in [-0.2, 0) is 16.1 Å². The van der Waals surface area contributed by atoms with Crippen molar-refractivity contribution in [3.8, 4) is 11.4 Å². The second-order valence-corrected chi connectivity index (χ2v) is 5.18. The molecule has 5 nitrogen and oxygen atoms in total. The second-order valence-electron chi connectivity index (χ2n) is 4.75. The van der Waals surface area contributed by atoms with Crippen molar-refractivity contribution in [3.63, 3.8) is 0 Å². The largest absolute Gasteiger partial charge is 0.468 e. The maximum absolute atomic E-state index is 11.8. The third-order valence-corrected chi connectivity index (χ3v) is 3.68. The summed E-state index contributed by atoms with van der Waals surface area (Å²) in [5.41, 5.74) is 0.850. The smallest absolute Gasteiger partial charge is 0.316 e. The van der Waals surface area contributed by atoms with Crippen molar-refractivity contribution in [2.24, 2.45) is 0 Å². The molecule has 1 unspecified atom stereocenters. The number of hydrogen-bond donors (Lipinski definition) is 0. The number of fused-ring (bicyclic) bond motifs is 1. The molecule has 0 radical (unpaired) electrons. The van der Waals surface area contributed by atoms with E-state index >= 15 is 0 Å². The summed E-state index contributed by atoms with van der Waals surface area (Å²) >= 11 is 5.99. The summed E-state index contributed by atoms with van der Waals surface area (Å²) < 4.78 is 6.63. The molecular formula is C14H14ClN3O2. The fourth-order valence-corrected chi connectivity index (χ4v) is 2.66. The zero-order valence-corrected chi connectivity index (χ0v) is 11.8. The Morgan fingerprint density at radius 1 is 1.50 bits per heavy atom. The Hall–Kier alpha value is -1.88. The lowest BCUT2D eigenvalue weighted by molar-refractivity contribution is -0.143. The molecule has 2 aromatic rings. The lowest BCUT2D eigenvalue weighted by Crippen LogP contribution is -2.24. The molecule has 3 rings (SSSR count). The fourth-order valence-electron chi connectivity index (χ4n) is 2.47. The molecule has 20 heavy (non-hydrogen) atoms. The molecule has 1 atom stereocenters. The van der Waals surface area contributed by atoms with Crippen molar-refractivity contribution in [1.29, 1.82) is 0 Å². The molecule has 2 heterocycles. The van der Waals surface area contributed by atoms with Gasteiger partial charge in [0.05, 0.1) is 7.11 Å². The topological polar surface area (TPSA) is 57.0 Å². The molecule has 104 valence electrons. The van der Waals surface area contributed by atoms with Crippen molar-refractivity contribution >= 4 is 17.6 Å². The number of rotatable bonds is 2. The zero-order valence-electron chi connectivity index (χ0n) is 11.0. The van der Waals surface area contributed by atoms with Gasteiger partial charge in [0.25, 0.3) is 0 Å². The molecular weight excluding hydrogens is 278 g/mol. The number of halogens is 1. The standard InChI is InChI=1S/C14H14ClN3O2/c1-20-14(19)11-6-3-7-18-13(11)16-12(17-18)9-4-2-5-10(15)8-9/h2,4-5,8,11H,3,6-7H2,1H3. The summed E-state index contributed by atoms with van der Waals surface area (Å²) in [5, 5.41) is 5.11. The summed E-state index contributed by atoms with van der Waals surface area (Å²) in [6.45, 7) is 0.774. The van der Waals surface area contributed by atoms with Crippen LogP contribution in [0.4, 0.5) is 0 Å². The Kier molecular flexibility index (Phi) is 3.44. The third kappa shape index (κ3) is 2.29. The van der Waals surface area contributed by atoms with E-state index in [4.69, 9.17) is 16.3 Å². The number of benzene rings is 1. The van der Waals surface area contributed by atoms with E-state index in [0.717, 1.165) is 24.9 Å². The zero-order chi connectivity index (χ0) is 14.1. The van der Waals surface area contributed by atoms with Crippen LogP contribution in [0, 0.1) is 0 Å². The molecule has 1 aromatic heterocycles. The summed E-state index contributed by atoms with van der Waals surface area (Å²) in [6.07, 6.45) is 1.64. The Labute approximate surface area is 121 Å². The van der Waals surface area contributed by atoms with Gasteiger partial charge < -0.3 is 4.74 Å². The van der Waals surface area contributed by atoms with Crippen LogP contribution in [-0.4, -0.2) is 27.8 Å². The lowest BCUT2D eigenvalue weighted by Gasteiger charge is -2.19. The maximum atomic E-state index is 11.8. The van der Waals surface area contributed by atoms with Gasteiger partial charge in [-0.3, -0.25) is 4.79 Å². The van der Waals surface area contributed by atoms with Crippen LogP contribution in [0.15, 0.2) is 24.3 Å². The predicted octanol–water partition coefficient (Wildman–Crippen LogP) is 2.65. The molecule has 1 aliphatic heterocycles. The van der Waals surface area contributed by atoms with Crippen molar-refractivity contribution < 1.29 is 9.53 Å². The molecule has 0 fully saturated rings. The normalized spacial score (nSPS) is 17.6. The van der Waals surface area contributed by atoms with Crippen LogP contribution in [0.3, 0.4) is 0 Å². The monoisotopic (exact) mass is 291 g/mol. The van der Waals surface area contributed by atoms with E-state index in [0.29, 0.717) is 16.7 Å². The average Bonchev–Trinajstić information content (AvgIpc) is 2.90. The van der Waals surface area contributed by atoms with Gasteiger partial charge in [0.1, 0.15) is 11.7 Å². The van der Waals surface area contributed by atoms with Gasteiger partial charge in [-0.2, -0.15) is 5.10 Å². The molecule has 0 saturated carbocycles. The third-order valence-electron chi connectivity index (χ3n) is 3.44. The minimum absolute atomic E-state index is 0.254. The van der Waals surface area contributed by atoms with Crippen LogP contribution < -0.4 is 0 Å². The highest BCUT2D eigenvalue weighted by atomic mass is 35.5. The Bertz CT molecular complexity index is 654. The van der Waals surface area contributed by atoms with Gasteiger partial charge in [-0.15, -0.1) is 0 Å². The van der Waals surface area contributed by atoms with Crippen LogP contribution in [0.5, 0.6) is 0 Å². The minimum atomic E-state index is -0.325. The van der Waals surface area contributed by atoms with Crippen molar-refractivity contribution in [2.45, 2.75) is 25.3 Å². The number of hydrogen-bond acceptors (Lipinski definition) is 4. The molecule has 0 bridgehead atoms. The summed E-state index contributed by atoms with van der Waals surface area (Å²) in [5.74, 6) is 0.696. The number of nitrogens with zero attached hydrogens (tertiary/aromatic N) is 3. The van der Waals surface area contributed by atoms with Crippen molar-refractivity contribution in [3.05, 3.63) is 35.1 Å². The number of methoxy groups -OCH3 is 1. The molecule has 0 N–H and O–H groups in total. The van der Waals surface area contributed by atoms with Crippen LogP contribution >= 0.6 is 11.6 Å². The van der Waals surface area contributed by atoms with E-state index in [1.165, 1.54) is 7.11 Å². The van der Waals surface area contributed by atoms with E-state index in [-0.39, 0.29) is 11.9 Å². The predicted molar refractivity (Wildman–Crippen MR) is 74.5 cm³/mol. The van der Waals surface area contributed by atoms with Crippen molar-refractivity contribution in [1.82, 2.24) is 14.8 Å². The number of carbonyl (C=O) groups is 1. The first-order chi connectivity index (χ1) is 9.69. The first-order valence-corrected chi connectivity index (χ1v) is 6.85. The van der Waals surface area contributed by atoms with Crippen LogP contribution in [0.2, 0.25) is 5.02 Å². The summed E-state index contributed by atoms with van der Waals surface area (Å²) in [7, 11) is 1.40. The molecule has 1 aliphatic rings. The van der Waals surface area contributed by atoms with Gasteiger partial charge in [0, 0.05) is 17.1 Å². The number of aryl methyl sites for hydroxylation is 1. The highest BCUT2D eigenvalue weighted by Gasteiger charge is 2.31. The van der Waals surface area contributed by atoms with Gasteiger partial charge in [-0.25, -0.2) is 9.67 Å². The summed E-state index contributed by atoms with van der Waals surface area (Å²) in [6, 6.07) is 7.38. The summed E-state index contributed by atoms with van der Waals surface area (Å²) in [4.78, 5) is 16.3. The van der Waals surface area contributed by atoms with E-state index in [1.807, 2.05) is 18.2 Å². The molecule has 6 heteroatoms.